The highest BCUT2D eigenvalue weighted by Gasteiger charge is 2.69. The minimum absolute atomic E-state index is 0.0364. The summed E-state index contributed by atoms with van der Waals surface area (Å²) in [5.41, 5.74) is 0.0316. The minimum atomic E-state index is -0.996. The van der Waals surface area contributed by atoms with Crippen LogP contribution in [0.2, 0.25) is 5.02 Å². The number of hydrogen-bond donors (Lipinski definition) is 0. The van der Waals surface area contributed by atoms with Crippen LogP contribution >= 0.6 is 34.8 Å². The van der Waals surface area contributed by atoms with Gasteiger partial charge < -0.3 is 9.32 Å². The van der Waals surface area contributed by atoms with E-state index in [-0.39, 0.29) is 18.5 Å². The van der Waals surface area contributed by atoms with Gasteiger partial charge in [0.2, 0.25) is 17.7 Å². The van der Waals surface area contributed by atoms with Crippen molar-refractivity contribution in [2.45, 2.75) is 55.9 Å². The molecule has 0 N–H and O–H groups in total. The lowest BCUT2D eigenvalue weighted by Crippen LogP contribution is -2.43. The van der Waals surface area contributed by atoms with Gasteiger partial charge in [-0.2, -0.15) is 0 Å². The topological polar surface area (TPSA) is 59.2 Å². The van der Waals surface area contributed by atoms with Gasteiger partial charge >= 0.3 is 0 Å². The zero-order valence-electron chi connectivity index (χ0n) is 14.9. The van der Waals surface area contributed by atoms with Gasteiger partial charge in [0.25, 0.3) is 0 Å². The molecule has 2 saturated carbocycles. The van der Waals surface area contributed by atoms with Crippen molar-refractivity contribution in [2.75, 3.05) is 0 Å². The molecule has 0 aliphatic heterocycles. The van der Waals surface area contributed by atoms with Gasteiger partial charge in [0, 0.05) is 16.6 Å². The van der Waals surface area contributed by atoms with E-state index in [4.69, 9.17) is 39.2 Å². The molecule has 8 heteroatoms. The number of benzene rings is 1. The highest BCUT2D eigenvalue weighted by Crippen LogP contribution is 2.64. The first-order chi connectivity index (χ1) is 12.8. The van der Waals surface area contributed by atoms with Crippen molar-refractivity contribution in [3.63, 3.8) is 0 Å². The van der Waals surface area contributed by atoms with E-state index in [1.165, 1.54) is 0 Å². The Kier molecular flexibility index (Phi) is 4.90. The van der Waals surface area contributed by atoms with E-state index in [0.29, 0.717) is 23.2 Å². The number of alkyl halides is 2. The summed E-state index contributed by atoms with van der Waals surface area (Å²) in [6.07, 6.45) is 4.62. The summed E-state index contributed by atoms with van der Waals surface area (Å²) < 4.78 is 4.81. The standard InChI is InChI=1S/C19H20Cl3N3O2/c1-18(11-19(18,21)22)17(26)25(14-4-2-3-5-14)10-15-23-24-16(27-15)12-6-8-13(20)9-7-12/h6-9,14H,2-5,10-11H2,1H3/t18-/m1/s1. The third kappa shape index (κ3) is 3.57. The summed E-state index contributed by atoms with van der Waals surface area (Å²) in [4.78, 5) is 15.0. The molecule has 0 radical (unpaired) electrons. The summed E-state index contributed by atoms with van der Waals surface area (Å²) in [7, 11) is 0. The average molecular weight is 429 g/mol. The van der Waals surface area contributed by atoms with Crippen LogP contribution in [-0.4, -0.2) is 31.4 Å². The molecule has 1 atom stereocenters. The third-order valence-electron chi connectivity index (χ3n) is 5.62. The fraction of sp³-hybridized carbons (Fsp3) is 0.526. The quantitative estimate of drug-likeness (QED) is 0.611. The third-order valence-corrected chi connectivity index (χ3v) is 6.97. The van der Waals surface area contributed by atoms with Gasteiger partial charge in [0.1, 0.15) is 4.33 Å². The van der Waals surface area contributed by atoms with Crippen LogP contribution in [0.5, 0.6) is 0 Å². The molecule has 0 spiro atoms. The molecule has 1 amide bonds. The van der Waals surface area contributed by atoms with Crippen molar-refractivity contribution < 1.29 is 9.21 Å². The van der Waals surface area contributed by atoms with Crippen molar-refractivity contribution in [3.8, 4) is 11.5 Å². The molecule has 2 aromatic rings. The van der Waals surface area contributed by atoms with Gasteiger partial charge in [-0.25, -0.2) is 0 Å². The predicted octanol–water partition coefficient (Wildman–Crippen LogP) is 5.25. The fourth-order valence-electron chi connectivity index (χ4n) is 3.70. The van der Waals surface area contributed by atoms with Crippen LogP contribution in [0.25, 0.3) is 11.5 Å². The number of amides is 1. The molecule has 2 aliphatic carbocycles. The molecular weight excluding hydrogens is 409 g/mol. The highest BCUT2D eigenvalue weighted by atomic mass is 35.5. The van der Waals surface area contributed by atoms with Crippen molar-refractivity contribution in [2.24, 2.45) is 5.41 Å². The van der Waals surface area contributed by atoms with Crippen LogP contribution in [0.3, 0.4) is 0 Å². The SMILES string of the molecule is C[C@]1(C(=O)N(Cc2nnc(-c3ccc(Cl)cc3)o2)C2CCCC2)CC1(Cl)Cl. The molecule has 1 aromatic carbocycles. The Morgan fingerprint density at radius 3 is 2.44 bits per heavy atom. The van der Waals surface area contributed by atoms with Crippen molar-refractivity contribution in [3.05, 3.63) is 35.2 Å². The molecule has 5 nitrogen and oxygen atoms in total. The maximum atomic E-state index is 13.2. The van der Waals surface area contributed by atoms with Gasteiger partial charge in [-0.05, 0) is 50.5 Å². The zero-order chi connectivity index (χ0) is 19.2. The van der Waals surface area contributed by atoms with Crippen molar-refractivity contribution in [1.82, 2.24) is 15.1 Å². The molecule has 144 valence electrons. The molecule has 1 aromatic heterocycles. The first-order valence-electron chi connectivity index (χ1n) is 9.07. The largest absolute Gasteiger partial charge is 0.419 e. The van der Waals surface area contributed by atoms with Gasteiger partial charge in [-0.15, -0.1) is 33.4 Å². The number of carbonyl (C=O) groups excluding carboxylic acids is 1. The van der Waals surface area contributed by atoms with E-state index in [2.05, 4.69) is 10.2 Å². The Morgan fingerprint density at radius 1 is 1.22 bits per heavy atom. The normalized spacial score (nSPS) is 24.1. The second-order valence-corrected chi connectivity index (χ2v) is 9.51. The number of rotatable bonds is 5. The highest BCUT2D eigenvalue weighted by molar-refractivity contribution is 6.53. The molecule has 0 bridgehead atoms. The lowest BCUT2D eigenvalue weighted by Gasteiger charge is -2.31. The van der Waals surface area contributed by atoms with Gasteiger partial charge in [-0.1, -0.05) is 24.4 Å². The van der Waals surface area contributed by atoms with Crippen LogP contribution < -0.4 is 0 Å². The maximum Gasteiger partial charge on any atom is 0.247 e. The zero-order valence-corrected chi connectivity index (χ0v) is 17.2. The Morgan fingerprint density at radius 2 is 1.85 bits per heavy atom. The first-order valence-corrected chi connectivity index (χ1v) is 10.2. The van der Waals surface area contributed by atoms with E-state index in [1.807, 2.05) is 24.0 Å². The number of carbonyl (C=O) groups is 1. The van der Waals surface area contributed by atoms with Gasteiger partial charge in [-0.3, -0.25) is 4.79 Å². The summed E-state index contributed by atoms with van der Waals surface area (Å²) in [5, 5.41) is 8.89. The number of nitrogens with zero attached hydrogens (tertiary/aromatic N) is 3. The summed E-state index contributed by atoms with van der Waals surface area (Å²) in [6, 6.07) is 7.33. The fourth-order valence-corrected chi connectivity index (χ4v) is 4.53. The van der Waals surface area contributed by atoms with E-state index in [0.717, 1.165) is 31.2 Å². The number of halogens is 3. The number of aromatic nitrogens is 2. The molecule has 0 unspecified atom stereocenters. The van der Waals surface area contributed by atoms with E-state index >= 15 is 0 Å². The molecule has 0 saturated heterocycles. The van der Waals surface area contributed by atoms with Crippen molar-refractivity contribution in [1.29, 1.82) is 0 Å². The Labute approximate surface area is 173 Å². The average Bonchev–Trinajstić information content (AvgIpc) is 3.10. The van der Waals surface area contributed by atoms with Crippen LogP contribution in [0.15, 0.2) is 28.7 Å². The summed E-state index contributed by atoms with van der Waals surface area (Å²) in [5.74, 6) is 0.770. The first kappa shape index (κ1) is 19.0. The Balaban J connectivity index is 1.55. The Bertz CT molecular complexity index is 846. The van der Waals surface area contributed by atoms with Crippen LogP contribution in [0, 0.1) is 5.41 Å². The summed E-state index contributed by atoms with van der Waals surface area (Å²) >= 11 is 18.4. The van der Waals surface area contributed by atoms with Crippen LogP contribution in [0.1, 0.15) is 44.9 Å². The predicted molar refractivity (Wildman–Crippen MR) is 105 cm³/mol. The van der Waals surface area contributed by atoms with Gasteiger partial charge in [0.05, 0.1) is 12.0 Å². The molecular formula is C19H20Cl3N3O2. The summed E-state index contributed by atoms with van der Waals surface area (Å²) in [6.45, 7) is 2.09. The molecule has 27 heavy (non-hydrogen) atoms. The van der Waals surface area contributed by atoms with E-state index < -0.39 is 9.75 Å². The second-order valence-electron chi connectivity index (χ2n) is 7.59. The maximum absolute atomic E-state index is 13.2. The molecule has 4 rings (SSSR count). The lowest BCUT2D eigenvalue weighted by molar-refractivity contribution is -0.140. The molecule has 2 fully saturated rings. The minimum Gasteiger partial charge on any atom is -0.419 e. The smallest absolute Gasteiger partial charge is 0.247 e. The molecule has 1 heterocycles. The van der Waals surface area contributed by atoms with E-state index in [1.54, 1.807) is 12.1 Å². The lowest BCUT2D eigenvalue weighted by atomic mass is 10.1. The monoisotopic (exact) mass is 427 g/mol. The molecule has 2 aliphatic rings. The van der Waals surface area contributed by atoms with E-state index in [9.17, 15) is 4.79 Å². The number of hydrogen-bond acceptors (Lipinski definition) is 4. The van der Waals surface area contributed by atoms with Crippen LogP contribution in [0.4, 0.5) is 0 Å². The second kappa shape index (κ2) is 6.94. The van der Waals surface area contributed by atoms with Gasteiger partial charge in [0.15, 0.2) is 0 Å². The van der Waals surface area contributed by atoms with Crippen LogP contribution in [-0.2, 0) is 11.3 Å². The van der Waals surface area contributed by atoms with Crippen molar-refractivity contribution >= 4 is 40.7 Å². The Hall–Kier alpha value is -1.30.